The first kappa shape index (κ1) is 11.4. The number of ether oxygens (including phenoxy) is 1. The summed E-state index contributed by atoms with van der Waals surface area (Å²) in [6.07, 6.45) is 0.726. The van der Waals surface area contributed by atoms with Crippen molar-refractivity contribution >= 4 is 0 Å². The van der Waals surface area contributed by atoms with Crippen molar-refractivity contribution in [3.8, 4) is 5.75 Å². The zero-order valence-electron chi connectivity index (χ0n) is 9.79. The van der Waals surface area contributed by atoms with Crippen molar-refractivity contribution in [1.29, 1.82) is 0 Å². The molecule has 0 aliphatic carbocycles. The number of halogens is 1. The number of hydrogen-bond acceptors (Lipinski definition) is 2. The third-order valence-corrected chi connectivity index (χ3v) is 3.37. The van der Waals surface area contributed by atoms with Crippen LogP contribution >= 0.6 is 0 Å². The fourth-order valence-electron chi connectivity index (χ4n) is 2.27. The first-order chi connectivity index (χ1) is 7.63. The van der Waals surface area contributed by atoms with E-state index in [4.69, 9.17) is 4.74 Å². The summed E-state index contributed by atoms with van der Waals surface area (Å²) < 4.78 is 19.4. The van der Waals surface area contributed by atoms with Gasteiger partial charge < -0.3 is 10.1 Å². The summed E-state index contributed by atoms with van der Waals surface area (Å²) in [5.74, 6) is 0.883. The molecular weight excluding hydrogens is 205 g/mol. The van der Waals surface area contributed by atoms with E-state index in [2.05, 4.69) is 5.32 Å². The summed E-state index contributed by atoms with van der Waals surface area (Å²) in [6, 6.07) is 7.83. The Hall–Kier alpha value is -1.09. The molecule has 88 valence electrons. The number of benzene rings is 1. The fourth-order valence-corrected chi connectivity index (χ4v) is 2.27. The standard InChI is InChI=1S/C13H18FNO/c1-13(14)9-15-8-11(13)7-10-5-3-4-6-12(10)16-2/h3-6,11,15H,7-9H2,1-2H3. The van der Waals surface area contributed by atoms with Gasteiger partial charge in [-0.25, -0.2) is 4.39 Å². The van der Waals surface area contributed by atoms with Gasteiger partial charge in [0.2, 0.25) is 0 Å². The van der Waals surface area contributed by atoms with Gasteiger partial charge in [-0.2, -0.15) is 0 Å². The molecule has 2 nitrogen and oxygen atoms in total. The van der Waals surface area contributed by atoms with E-state index in [1.165, 1.54) is 0 Å². The Morgan fingerprint density at radius 3 is 2.88 bits per heavy atom. The Morgan fingerprint density at radius 1 is 1.50 bits per heavy atom. The van der Waals surface area contributed by atoms with Gasteiger partial charge in [-0.05, 0) is 25.0 Å². The molecule has 1 aliphatic heterocycles. The van der Waals surface area contributed by atoms with Gasteiger partial charge in [-0.3, -0.25) is 0 Å². The second-order valence-electron chi connectivity index (χ2n) is 4.62. The monoisotopic (exact) mass is 223 g/mol. The van der Waals surface area contributed by atoms with Crippen molar-refractivity contribution < 1.29 is 9.13 Å². The first-order valence-electron chi connectivity index (χ1n) is 5.65. The van der Waals surface area contributed by atoms with Gasteiger partial charge in [0, 0.05) is 19.0 Å². The average Bonchev–Trinajstić information content (AvgIpc) is 2.59. The topological polar surface area (TPSA) is 21.3 Å². The minimum atomic E-state index is -1.11. The Kier molecular flexibility index (Phi) is 3.15. The van der Waals surface area contributed by atoms with E-state index >= 15 is 0 Å². The zero-order chi connectivity index (χ0) is 11.6. The lowest BCUT2D eigenvalue weighted by Gasteiger charge is -2.22. The van der Waals surface area contributed by atoms with Crippen LogP contribution in [0.4, 0.5) is 4.39 Å². The first-order valence-corrected chi connectivity index (χ1v) is 5.65. The van der Waals surface area contributed by atoms with E-state index in [9.17, 15) is 4.39 Å². The molecule has 1 heterocycles. The predicted octanol–water partition coefficient (Wildman–Crippen LogP) is 2.19. The molecule has 2 atom stereocenters. The third-order valence-electron chi connectivity index (χ3n) is 3.37. The quantitative estimate of drug-likeness (QED) is 0.848. The number of nitrogens with one attached hydrogen (secondary N) is 1. The van der Waals surface area contributed by atoms with Gasteiger partial charge in [-0.1, -0.05) is 18.2 Å². The van der Waals surface area contributed by atoms with Crippen LogP contribution in [0.15, 0.2) is 24.3 Å². The molecule has 1 fully saturated rings. The summed E-state index contributed by atoms with van der Waals surface area (Å²) in [7, 11) is 1.65. The minimum Gasteiger partial charge on any atom is -0.496 e. The van der Waals surface area contributed by atoms with Crippen LogP contribution in [0.25, 0.3) is 0 Å². The molecule has 3 heteroatoms. The predicted molar refractivity (Wildman–Crippen MR) is 62.6 cm³/mol. The van der Waals surface area contributed by atoms with Crippen molar-refractivity contribution in [2.45, 2.75) is 19.0 Å². The van der Waals surface area contributed by atoms with Gasteiger partial charge in [0.15, 0.2) is 0 Å². The summed E-state index contributed by atoms with van der Waals surface area (Å²) in [5, 5.41) is 3.10. The highest BCUT2D eigenvalue weighted by Crippen LogP contribution is 2.31. The molecular formula is C13H18FNO. The molecule has 0 amide bonds. The molecule has 0 saturated carbocycles. The number of rotatable bonds is 3. The SMILES string of the molecule is COc1ccccc1CC1CNCC1(C)F. The number of alkyl halides is 1. The largest absolute Gasteiger partial charge is 0.496 e. The van der Waals surface area contributed by atoms with Crippen LogP contribution in [0.1, 0.15) is 12.5 Å². The lowest BCUT2D eigenvalue weighted by molar-refractivity contribution is 0.151. The zero-order valence-corrected chi connectivity index (χ0v) is 9.79. The van der Waals surface area contributed by atoms with Crippen LogP contribution in [-0.4, -0.2) is 25.9 Å². The van der Waals surface area contributed by atoms with E-state index < -0.39 is 5.67 Å². The van der Waals surface area contributed by atoms with Gasteiger partial charge in [0.1, 0.15) is 11.4 Å². The normalized spacial score (nSPS) is 29.3. The molecule has 1 N–H and O–H groups in total. The van der Waals surface area contributed by atoms with Gasteiger partial charge in [-0.15, -0.1) is 0 Å². The summed E-state index contributed by atoms with van der Waals surface area (Å²) in [5.41, 5.74) is -0.0245. The maximum Gasteiger partial charge on any atom is 0.124 e. The molecule has 2 unspecified atom stereocenters. The second kappa shape index (κ2) is 4.42. The molecule has 2 rings (SSSR count). The summed E-state index contributed by atoms with van der Waals surface area (Å²) >= 11 is 0. The lowest BCUT2D eigenvalue weighted by atomic mass is 9.88. The van der Waals surface area contributed by atoms with Crippen LogP contribution in [-0.2, 0) is 6.42 Å². The van der Waals surface area contributed by atoms with Gasteiger partial charge in [0.25, 0.3) is 0 Å². The van der Waals surface area contributed by atoms with Crippen LogP contribution in [0.3, 0.4) is 0 Å². The fraction of sp³-hybridized carbons (Fsp3) is 0.538. The van der Waals surface area contributed by atoms with Crippen LogP contribution in [0.2, 0.25) is 0 Å². The molecule has 1 saturated heterocycles. The van der Waals surface area contributed by atoms with E-state index in [1.54, 1.807) is 14.0 Å². The third kappa shape index (κ3) is 2.19. The van der Waals surface area contributed by atoms with E-state index in [0.29, 0.717) is 6.54 Å². The van der Waals surface area contributed by atoms with E-state index in [1.807, 2.05) is 24.3 Å². The molecule has 0 aromatic heterocycles. The highest BCUT2D eigenvalue weighted by Gasteiger charge is 2.38. The summed E-state index contributed by atoms with van der Waals surface area (Å²) in [6.45, 7) is 2.87. The molecule has 16 heavy (non-hydrogen) atoms. The van der Waals surface area contributed by atoms with Crippen LogP contribution in [0, 0.1) is 5.92 Å². The van der Waals surface area contributed by atoms with Crippen molar-refractivity contribution in [3.05, 3.63) is 29.8 Å². The van der Waals surface area contributed by atoms with E-state index in [0.717, 1.165) is 24.3 Å². The lowest BCUT2D eigenvalue weighted by Crippen LogP contribution is -2.30. The maximum absolute atomic E-state index is 14.1. The molecule has 0 bridgehead atoms. The second-order valence-corrected chi connectivity index (χ2v) is 4.62. The maximum atomic E-state index is 14.1. The Labute approximate surface area is 95.8 Å². The molecule has 0 radical (unpaired) electrons. The van der Waals surface area contributed by atoms with Crippen molar-refractivity contribution in [3.63, 3.8) is 0 Å². The summed E-state index contributed by atoms with van der Waals surface area (Å²) in [4.78, 5) is 0. The van der Waals surface area contributed by atoms with Crippen LogP contribution < -0.4 is 10.1 Å². The smallest absolute Gasteiger partial charge is 0.124 e. The van der Waals surface area contributed by atoms with Gasteiger partial charge in [0.05, 0.1) is 7.11 Å². The molecule has 1 aromatic carbocycles. The Bertz CT molecular complexity index is 365. The Morgan fingerprint density at radius 2 is 2.25 bits per heavy atom. The highest BCUT2D eigenvalue weighted by atomic mass is 19.1. The Balaban J connectivity index is 2.14. The number of methoxy groups -OCH3 is 1. The van der Waals surface area contributed by atoms with Crippen molar-refractivity contribution in [2.75, 3.05) is 20.2 Å². The van der Waals surface area contributed by atoms with Crippen molar-refractivity contribution in [1.82, 2.24) is 5.32 Å². The van der Waals surface area contributed by atoms with Gasteiger partial charge >= 0.3 is 0 Å². The number of hydrogen-bond donors (Lipinski definition) is 1. The highest BCUT2D eigenvalue weighted by molar-refractivity contribution is 5.34. The molecule has 1 aromatic rings. The van der Waals surface area contributed by atoms with E-state index in [-0.39, 0.29) is 5.92 Å². The molecule has 0 spiro atoms. The number of para-hydroxylation sites is 1. The minimum absolute atomic E-state index is 0.0313. The average molecular weight is 223 g/mol. The molecule has 1 aliphatic rings. The van der Waals surface area contributed by atoms with Crippen molar-refractivity contribution in [2.24, 2.45) is 5.92 Å². The van der Waals surface area contributed by atoms with Crippen LogP contribution in [0.5, 0.6) is 5.75 Å².